The van der Waals surface area contributed by atoms with Crippen LogP contribution in [0.25, 0.3) is 0 Å². The van der Waals surface area contributed by atoms with Gasteiger partial charge in [0.25, 0.3) is 0 Å². The van der Waals surface area contributed by atoms with Crippen molar-refractivity contribution in [3.05, 3.63) is 41.5 Å². The number of carbonyl (C=O) groups is 2. The number of rotatable bonds is 6. The minimum absolute atomic E-state index is 0.0485. The molecule has 9 heteroatoms. The van der Waals surface area contributed by atoms with Crippen molar-refractivity contribution in [2.75, 3.05) is 13.2 Å². The number of phenols is 5. The van der Waals surface area contributed by atoms with Crippen LogP contribution in [0, 0.1) is 0 Å². The number of esters is 2. The maximum atomic E-state index is 11.8. The Morgan fingerprint density at radius 1 is 0.692 bits per heavy atom. The Kier molecular flexibility index (Phi) is 5.74. The molecule has 0 amide bonds. The van der Waals surface area contributed by atoms with E-state index >= 15 is 0 Å². The van der Waals surface area contributed by atoms with Gasteiger partial charge in [0.2, 0.25) is 0 Å². The number of benzene rings is 2. The maximum absolute atomic E-state index is 11.8. The average Bonchev–Trinajstić information content (AvgIpc) is 2.60. The lowest BCUT2D eigenvalue weighted by atomic mass is 10.2. The fourth-order valence-electron chi connectivity index (χ4n) is 1.93. The van der Waals surface area contributed by atoms with E-state index in [-0.39, 0.29) is 36.5 Å². The Balaban J connectivity index is 1.77. The van der Waals surface area contributed by atoms with Crippen LogP contribution in [0.2, 0.25) is 0 Å². The molecule has 0 aliphatic heterocycles. The summed E-state index contributed by atoms with van der Waals surface area (Å²) in [4.78, 5) is 23.5. The van der Waals surface area contributed by atoms with Crippen LogP contribution in [0.3, 0.4) is 0 Å². The van der Waals surface area contributed by atoms with E-state index in [0.717, 1.165) is 24.3 Å². The molecule has 0 fully saturated rings. The predicted molar refractivity (Wildman–Crippen MR) is 86.4 cm³/mol. The van der Waals surface area contributed by atoms with Gasteiger partial charge >= 0.3 is 11.9 Å². The minimum atomic E-state index is -0.842. The highest BCUT2D eigenvalue weighted by atomic mass is 16.5. The van der Waals surface area contributed by atoms with Gasteiger partial charge in [0, 0.05) is 6.42 Å². The summed E-state index contributed by atoms with van der Waals surface area (Å²) in [5, 5.41) is 46.4. The molecule has 2 aromatic rings. The first-order valence-corrected chi connectivity index (χ1v) is 7.40. The molecule has 0 radical (unpaired) electrons. The van der Waals surface area contributed by atoms with Gasteiger partial charge in [-0.3, -0.25) is 0 Å². The lowest BCUT2D eigenvalue weighted by Gasteiger charge is -2.08. The SMILES string of the molecule is O=C(OCCCOC(=O)c1cc(O)c(O)c(O)c1)c1ccc(O)c(O)c1. The smallest absolute Gasteiger partial charge is 0.338 e. The standard InChI is InChI=1S/C17H16O9/c18-11-3-2-9(6-12(11)19)16(23)25-4-1-5-26-17(24)10-7-13(20)15(22)14(21)8-10/h2-3,6-8,18-22H,1,4-5H2. The van der Waals surface area contributed by atoms with E-state index in [1.165, 1.54) is 6.07 Å². The van der Waals surface area contributed by atoms with Crippen molar-refractivity contribution in [3.63, 3.8) is 0 Å². The number of hydrogen-bond acceptors (Lipinski definition) is 9. The largest absolute Gasteiger partial charge is 0.504 e. The molecule has 138 valence electrons. The summed E-state index contributed by atoms with van der Waals surface area (Å²) in [5.74, 6) is -4.45. The zero-order chi connectivity index (χ0) is 19.3. The Hall–Kier alpha value is -3.62. The van der Waals surface area contributed by atoms with E-state index in [1.807, 2.05) is 0 Å². The lowest BCUT2D eigenvalue weighted by Crippen LogP contribution is -2.11. The van der Waals surface area contributed by atoms with Crippen LogP contribution in [0.5, 0.6) is 28.7 Å². The van der Waals surface area contributed by atoms with Crippen molar-refractivity contribution >= 4 is 11.9 Å². The van der Waals surface area contributed by atoms with Gasteiger partial charge in [-0.1, -0.05) is 0 Å². The van der Waals surface area contributed by atoms with Gasteiger partial charge in [-0.2, -0.15) is 0 Å². The molecule has 5 N–H and O–H groups in total. The number of carbonyl (C=O) groups excluding carboxylic acids is 2. The average molecular weight is 364 g/mol. The van der Waals surface area contributed by atoms with Crippen LogP contribution in [-0.4, -0.2) is 50.7 Å². The molecular formula is C17H16O9. The molecule has 2 aromatic carbocycles. The fourth-order valence-corrected chi connectivity index (χ4v) is 1.93. The third-order valence-corrected chi connectivity index (χ3v) is 3.27. The molecule has 26 heavy (non-hydrogen) atoms. The highest BCUT2D eigenvalue weighted by Gasteiger charge is 2.15. The molecule has 0 bridgehead atoms. The summed E-state index contributed by atoms with van der Waals surface area (Å²) in [6.45, 7) is -0.171. The topological polar surface area (TPSA) is 154 Å². The summed E-state index contributed by atoms with van der Waals surface area (Å²) >= 11 is 0. The molecular weight excluding hydrogens is 348 g/mol. The van der Waals surface area contributed by atoms with E-state index in [4.69, 9.17) is 9.47 Å². The van der Waals surface area contributed by atoms with Gasteiger partial charge in [-0.25, -0.2) is 9.59 Å². The first kappa shape index (κ1) is 18.7. The molecule has 0 heterocycles. The van der Waals surface area contributed by atoms with Crippen molar-refractivity contribution in [2.45, 2.75) is 6.42 Å². The van der Waals surface area contributed by atoms with Crippen LogP contribution >= 0.6 is 0 Å². The second kappa shape index (κ2) is 7.97. The van der Waals surface area contributed by atoms with Crippen molar-refractivity contribution in [2.24, 2.45) is 0 Å². The first-order chi connectivity index (χ1) is 12.3. The van der Waals surface area contributed by atoms with E-state index in [2.05, 4.69) is 0 Å². The van der Waals surface area contributed by atoms with E-state index in [1.54, 1.807) is 0 Å². The zero-order valence-corrected chi connectivity index (χ0v) is 13.4. The summed E-state index contributed by atoms with van der Waals surface area (Å²) in [6.07, 6.45) is 0.178. The van der Waals surface area contributed by atoms with Gasteiger partial charge in [-0.15, -0.1) is 0 Å². The predicted octanol–water partition coefficient (Wildman–Crippen LogP) is 1.62. The van der Waals surface area contributed by atoms with Crippen molar-refractivity contribution < 1.29 is 44.6 Å². The quantitative estimate of drug-likeness (QED) is 0.292. The van der Waals surface area contributed by atoms with Gasteiger partial charge < -0.3 is 35.0 Å². The highest BCUT2D eigenvalue weighted by Crippen LogP contribution is 2.35. The van der Waals surface area contributed by atoms with Gasteiger partial charge in [0.15, 0.2) is 28.7 Å². The number of ether oxygens (including phenoxy) is 2. The highest BCUT2D eigenvalue weighted by molar-refractivity contribution is 5.91. The van der Waals surface area contributed by atoms with Gasteiger partial charge in [0.1, 0.15) is 0 Å². The van der Waals surface area contributed by atoms with Crippen LogP contribution in [0.15, 0.2) is 30.3 Å². The van der Waals surface area contributed by atoms with Gasteiger partial charge in [0.05, 0.1) is 24.3 Å². The zero-order valence-electron chi connectivity index (χ0n) is 13.4. The third-order valence-electron chi connectivity index (χ3n) is 3.27. The van der Waals surface area contributed by atoms with Gasteiger partial charge in [-0.05, 0) is 30.3 Å². The molecule has 0 saturated carbocycles. The summed E-state index contributed by atoms with van der Waals surface area (Å²) in [5.41, 5.74) is -0.110. The number of aromatic hydroxyl groups is 5. The number of hydrogen-bond donors (Lipinski definition) is 5. The Morgan fingerprint density at radius 3 is 1.73 bits per heavy atom. The van der Waals surface area contributed by atoms with Crippen molar-refractivity contribution in [3.8, 4) is 28.7 Å². The second-order valence-corrected chi connectivity index (χ2v) is 5.19. The first-order valence-electron chi connectivity index (χ1n) is 7.40. The summed E-state index contributed by atoms with van der Waals surface area (Å²) in [7, 11) is 0. The molecule has 0 aliphatic rings. The van der Waals surface area contributed by atoms with E-state index < -0.39 is 34.9 Å². The molecule has 9 nitrogen and oxygen atoms in total. The molecule has 0 unspecified atom stereocenters. The van der Waals surface area contributed by atoms with Crippen molar-refractivity contribution in [1.29, 1.82) is 0 Å². The molecule has 0 spiro atoms. The Bertz CT molecular complexity index is 806. The minimum Gasteiger partial charge on any atom is -0.504 e. The normalized spacial score (nSPS) is 10.3. The number of phenolic OH excluding ortho intramolecular Hbond substituents is 5. The maximum Gasteiger partial charge on any atom is 0.338 e. The van der Waals surface area contributed by atoms with Crippen LogP contribution in [0.1, 0.15) is 27.1 Å². The monoisotopic (exact) mass is 364 g/mol. The van der Waals surface area contributed by atoms with Crippen LogP contribution < -0.4 is 0 Å². The summed E-state index contributed by atoms with van der Waals surface area (Å²) in [6, 6.07) is 5.36. The molecule has 0 aliphatic carbocycles. The molecule has 2 rings (SSSR count). The van der Waals surface area contributed by atoms with E-state index in [0.29, 0.717) is 0 Å². The van der Waals surface area contributed by atoms with Crippen molar-refractivity contribution in [1.82, 2.24) is 0 Å². The van der Waals surface area contributed by atoms with Crippen LogP contribution in [-0.2, 0) is 9.47 Å². The molecule has 0 atom stereocenters. The second-order valence-electron chi connectivity index (χ2n) is 5.19. The fraction of sp³-hybridized carbons (Fsp3) is 0.176. The Morgan fingerprint density at radius 2 is 1.19 bits per heavy atom. The third kappa shape index (κ3) is 4.47. The Labute approximate surface area is 147 Å². The van der Waals surface area contributed by atoms with Crippen LogP contribution in [0.4, 0.5) is 0 Å². The molecule has 0 saturated heterocycles. The molecule has 0 aromatic heterocycles. The lowest BCUT2D eigenvalue weighted by molar-refractivity contribution is 0.0395. The summed E-state index contributed by atoms with van der Waals surface area (Å²) < 4.78 is 9.82. The van der Waals surface area contributed by atoms with E-state index in [9.17, 15) is 35.1 Å².